The molecule has 0 spiro atoms. The predicted molar refractivity (Wildman–Crippen MR) is 135 cm³/mol. The molecule has 3 aromatic carbocycles. The van der Waals surface area contributed by atoms with Crippen LogP contribution in [0.15, 0.2) is 72.1 Å². The number of amides is 1. The van der Waals surface area contributed by atoms with Crippen molar-refractivity contribution in [3.8, 4) is 16.3 Å². The Kier molecular flexibility index (Phi) is 5.90. The number of carbonyl (C=O) groups is 1. The number of ether oxygens (including phenoxy) is 1. The van der Waals surface area contributed by atoms with Crippen LogP contribution in [0.4, 0.5) is 5.69 Å². The van der Waals surface area contributed by atoms with Crippen LogP contribution in [0.2, 0.25) is 0 Å². The van der Waals surface area contributed by atoms with Crippen molar-refractivity contribution in [2.75, 3.05) is 5.32 Å². The van der Waals surface area contributed by atoms with Crippen LogP contribution in [0.1, 0.15) is 26.6 Å². The van der Waals surface area contributed by atoms with E-state index in [0.29, 0.717) is 17.9 Å². The molecule has 164 valence electrons. The van der Waals surface area contributed by atoms with E-state index < -0.39 is 0 Å². The first-order chi connectivity index (χ1) is 16.0. The molecule has 0 saturated heterocycles. The molecule has 2 heterocycles. The first-order valence-electron chi connectivity index (χ1n) is 10.5. The van der Waals surface area contributed by atoms with Crippen molar-refractivity contribution in [1.82, 2.24) is 9.97 Å². The molecule has 2 aromatic heterocycles. The Hall–Kier alpha value is -3.55. The van der Waals surface area contributed by atoms with Gasteiger partial charge in [0, 0.05) is 27.9 Å². The molecular formula is C26H21N3O2S2. The van der Waals surface area contributed by atoms with Crippen LogP contribution in [-0.2, 0) is 6.61 Å². The topological polar surface area (TPSA) is 64.1 Å². The Morgan fingerprint density at radius 1 is 0.970 bits per heavy atom. The maximum atomic E-state index is 12.6. The average molecular weight is 472 g/mol. The highest BCUT2D eigenvalue weighted by atomic mass is 32.1. The fraction of sp³-hybridized carbons (Fsp3) is 0.115. The summed E-state index contributed by atoms with van der Waals surface area (Å²) in [5, 5.41) is 6.84. The summed E-state index contributed by atoms with van der Waals surface area (Å²) in [5.41, 5.74) is 5.56. The highest BCUT2D eigenvalue weighted by Gasteiger charge is 2.09. The van der Waals surface area contributed by atoms with Crippen LogP contribution in [0.3, 0.4) is 0 Å². The Morgan fingerprint density at radius 3 is 2.48 bits per heavy atom. The third kappa shape index (κ3) is 4.94. The van der Waals surface area contributed by atoms with E-state index in [1.807, 2.05) is 36.6 Å². The molecule has 7 heteroatoms. The molecule has 0 aliphatic rings. The molecule has 1 N–H and O–H groups in total. The quantitative estimate of drug-likeness (QED) is 0.294. The first kappa shape index (κ1) is 21.3. The fourth-order valence-electron chi connectivity index (χ4n) is 3.37. The average Bonchev–Trinajstić information content (AvgIpc) is 3.44. The Labute approximate surface area is 199 Å². The lowest BCUT2D eigenvalue weighted by atomic mass is 10.2. The molecule has 0 unspecified atom stereocenters. The van der Waals surface area contributed by atoms with E-state index in [4.69, 9.17) is 9.72 Å². The van der Waals surface area contributed by atoms with Gasteiger partial charge in [0.1, 0.15) is 22.4 Å². The standard InChI is InChI=1S/C26H21N3O2S2/c1-16-3-12-22-23(13-16)33-26(29-22)19-4-8-20(9-5-19)28-25(30)18-6-10-21(11-7-18)31-14-24-27-17(2)15-32-24/h3-13,15H,14H2,1-2H3,(H,28,30). The van der Waals surface area contributed by atoms with E-state index in [-0.39, 0.29) is 5.91 Å². The Morgan fingerprint density at radius 2 is 1.76 bits per heavy atom. The maximum Gasteiger partial charge on any atom is 0.255 e. The molecule has 1 amide bonds. The molecule has 5 aromatic rings. The second-order valence-electron chi connectivity index (χ2n) is 7.72. The lowest BCUT2D eigenvalue weighted by molar-refractivity contribution is 0.102. The summed E-state index contributed by atoms with van der Waals surface area (Å²) in [7, 11) is 0. The van der Waals surface area contributed by atoms with Gasteiger partial charge in [0.15, 0.2) is 0 Å². The number of benzene rings is 3. The van der Waals surface area contributed by atoms with Gasteiger partial charge in [-0.05, 0) is 80.1 Å². The molecule has 0 aliphatic heterocycles. The van der Waals surface area contributed by atoms with Gasteiger partial charge in [-0.2, -0.15) is 0 Å². The van der Waals surface area contributed by atoms with Crippen molar-refractivity contribution in [1.29, 1.82) is 0 Å². The molecular weight excluding hydrogens is 450 g/mol. The monoisotopic (exact) mass is 471 g/mol. The number of rotatable bonds is 6. The largest absolute Gasteiger partial charge is 0.486 e. The number of carbonyl (C=O) groups excluding carboxylic acids is 1. The number of nitrogens with zero attached hydrogens (tertiary/aromatic N) is 2. The number of hydrogen-bond acceptors (Lipinski definition) is 6. The number of anilines is 1. The molecule has 0 aliphatic carbocycles. The molecule has 0 atom stereocenters. The second-order valence-corrected chi connectivity index (χ2v) is 9.69. The van der Waals surface area contributed by atoms with Crippen molar-refractivity contribution >= 4 is 44.5 Å². The van der Waals surface area contributed by atoms with E-state index in [9.17, 15) is 4.79 Å². The molecule has 5 rings (SSSR count). The molecule has 0 bridgehead atoms. The van der Waals surface area contributed by atoms with Crippen LogP contribution in [-0.4, -0.2) is 15.9 Å². The minimum absolute atomic E-state index is 0.166. The molecule has 5 nitrogen and oxygen atoms in total. The summed E-state index contributed by atoms with van der Waals surface area (Å²) in [6.07, 6.45) is 0. The number of nitrogens with one attached hydrogen (secondary N) is 1. The first-order valence-corrected chi connectivity index (χ1v) is 12.2. The molecule has 0 fully saturated rings. The van der Waals surface area contributed by atoms with Crippen molar-refractivity contribution < 1.29 is 9.53 Å². The van der Waals surface area contributed by atoms with Gasteiger partial charge in [0.25, 0.3) is 5.91 Å². The summed E-state index contributed by atoms with van der Waals surface area (Å²) < 4.78 is 6.93. The van der Waals surface area contributed by atoms with Crippen molar-refractivity contribution in [3.63, 3.8) is 0 Å². The minimum atomic E-state index is -0.166. The predicted octanol–water partition coefficient (Wildman–Crippen LogP) is 6.87. The van der Waals surface area contributed by atoms with Gasteiger partial charge in [-0.1, -0.05) is 6.07 Å². The fourth-order valence-corrected chi connectivity index (χ4v) is 5.12. The Bertz CT molecular complexity index is 1420. The molecule has 0 radical (unpaired) electrons. The third-order valence-corrected chi connectivity index (χ3v) is 7.09. The number of fused-ring (bicyclic) bond motifs is 1. The number of aryl methyl sites for hydroxylation is 2. The van der Waals surface area contributed by atoms with Crippen molar-refractivity contribution in [2.45, 2.75) is 20.5 Å². The smallest absolute Gasteiger partial charge is 0.255 e. The number of thiazole rings is 2. The van der Waals surface area contributed by atoms with Gasteiger partial charge in [-0.3, -0.25) is 4.79 Å². The molecule has 0 saturated carbocycles. The number of hydrogen-bond donors (Lipinski definition) is 1. The van der Waals surface area contributed by atoms with Crippen LogP contribution >= 0.6 is 22.7 Å². The van der Waals surface area contributed by atoms with Crippen LogP contribution in [0.5, 0.6) is 5.75 Å². The summed E-state index contributed by atoms with van der Waals surface area (Å²) >= 11 is 3.25. The van der Waals surface area contributed by atoms with E-state index in [0.717, 1.165) is 32.5 Å². The van der Waals surface area contributed by atoms with Gasteiger partial charge in [0.05, 0.1) is 10.2 Å². The van der Waals surface area contributed by atoms with Crippen molar-refractivity contribution in [3.05, 3.63) is 93.9 Å². The lowest BCUT2D eigenvalue weighted by Crippen LogP contribution is -2.11. The van der Waals surface area contributed by atoms with Crippen molar-refractivity contribution in [2.24, 2.45) is 0 Å². The summed E-state index contributed by atoms with van der Waals surface area (Å²) in [5.74, 6) is 0.537. The maximum absolute atomic E-state index is 12.6. The summed E-state index contributed by atoms with van der Waals surface area (Å²) in [6, 6.07) is 21.2. The SMILES string of the molecule is Cc1ccc2nc(-c3ccc(NC(=O)c4ccc(OCc5nc(C)cs5)cc4)cc3)sc2c1. The second kappa shape index (κ2) is 9.13. The summed E-state index contributed by atoms with van der Waals surface area (Å²) in [4.78, 5) is 21.7. The minimum Gasteiger partial charge on any atom is -0.486 e. The van der Waals surface area contributed by atoms with E-state index in [2.05, 4.69) is 35.4 Å². The highest BCUT2D eigenvalue weighted by Crippen LogP contribution is 2.31. The zero-order chi connectivity index (χ0) is 22.8. The van der Waals surface area contributed by atoms with Gasteiger partial charge in [-0.15, -0.1) is 22.7 Å². The third-order valence-electron chi connectivity index (χ3n) is 5.08. The Balaban J connectivity index is 1.22. The van der Waals surface area contributed by atoms with E-state index >= 15 is 0 Å². The van der Waals surface area contributed by atoms with Gasteiger partial charge < -0.3 is 10.1 Å². The summed E-state index contributed by atoms with van der Waals surface area (Å²) in [6.45, 7) is 4.47. The van der Waals surface area contributed by atoms with E-state index in [1.165, 1.54) is 10.3 Å². The normalized spacial score (nSPS) is 11.0. The van der Waals surface area contributed by atoms with Crippen LogP contribution in [0, 0.1) is 13.8 Å². The van der Waals surface area contributed by atoms with Crippen LogP contribution in [0.25, 0.3) is 20.8 Å². The van der Waals surface area contributed by atoms with E-state index in [1.54, 1.807) is 46.9 Å². The van der Waals surface area contributed by atoms with Gasteiger partial charge >= 0.3 is 0 Å². The zero-order valence-corrected chi connectivity index (χ0v) is 19.8. The molecule has 33 heavy (non-hydrogen) atoms. The number of aromatic nitrogens is 2. The van der Waals surface area contributed by atoms with Gasteiger partial charge in [0.2, 0.25) is 0 Å². The lowest BCUT2D eigenvalue weighted by Gasteiger charge is -2.08. The highest BCUT2D eigenvalue weighted by molar-refractivity contribution is 7.21. The van der Waals surface area contributed by atoms with Gasteiger partial charge in [-0.25, -0.2) is 9.97 Å². The van der Waals surface area contributed by atoms with Crippen LogP contribution < -0.4 is 10.1 Å². The zero-order valence-electron chi connectivity index (χ0n) is 18.2.